The third kappa shape index (κ3) is 2.86. The van der Waals surface area contributed by atoms with Gasteiger partial charge in [0.1, 0.15) is 6.10 Å². The van der Waals surface area contributed by atoms with Crippen molar-refractivity contribution in [2.24, 2.45) is 22.2 Å². The van der Waals surface area contributed by atoms with Gasteiger partial charge in [-0.05, 0) is 36.5 Å². The van der Waals surface area contributed by atoms with Gasteiger partial charge in [-0.2, -0.15) is 0 Å². The first-order valence-electron chi connectivity index (χ1n) is 8.50. The molecule has 0 heterocycles. The van der Waals surface area contributed by atoms with Gasteiger partial charge >= 0.3 is 11.9 Å². The summed E-state index contributed by atoms with van der Waals surface area (Å²) in [6.07, 6.45) is 5.17. The Bertz CT molecular complexity index is 552. The van der Waals surface area contributed by atoms with Crippen LogP contribution >= 0.6 is 0 Å². The van der Waals surface area contributed by atoms with Crippen LogP contribution in [0, 0.1) is 34.0 Å². The molecule has 2 fully saturated rings. The van der Waals surface area contributed by atoms with Crippen molar-refractivity contribution in [3.8, 4) is 11.8 Å². The van der Waals surface area contributed by atoms with Crippen molar-refractivity contribution in [2.45, 2.75) is 72.8 Å². The van der Waals surface area contributed by atoms with Crippen molar-refractivity contribution in [1.82, 2.24) is 0 Å². The van der Waals surface area contributed by atoms with Crippen LogP contribution < -0.4 is 0 Å². The third-order valence-corrected chi connectivity index (χ3v) is 5.75. The third-order valence-electron chi connectivity index (χ3n) is 5.75. The van der Waals surface area contributed by atoms with Crippen molar-refractivity contribution in [3.05, 3.63) is 0 Å². The predicted octanol–water partition coefficient (Wildman–Crippen LogP) is 3.64. The lowest BCUT2D eigenvalue weighted by Crippen LogP contribution is -2.35. The van der Waals surface area contributed by atoms with Crippen LogP contribution in [0.4, 0.5) is 0 Å². The lowest BCUT2D eigenvalue weighted by molar-refractivity contribution is -0.150. The molecule has 0 spiro atoms. The van der Waals surface area contributed by atoms with Crippen LogP contribution in [0.1, 0.15) is 66.7 Å². The summed E-state index contributed by atoms with van der Waals surface area (Å²) < 4.78 is 5.39. The lowest BCUT2D eigenvalue weighted by Gasteiger charge is -2.30. The van der Waals surface area contributed by atoms with Crippen LogP contribution in [0.5, 0.6) is 0 Å². The summed E-state index contributed by atoms with van der Waals surface area (Å²) in [6, 6.07) is 0. The summed E-state index contributed by atoms with van der Waals surface area (Å²) in [7, 11) is 0. The number of hydrogen-bond donors (Lipinski definition) is 1. The standard InChI is InChI=1S/C19H28O4/c1-17(2,3)19(16(21)22)14(18(19,4)5)11-12-15(20)23-13-9-7-6-8-10-13/h13-14H,6-10H2,1-5H3,(H,21,22)/t14-,19+/m0/s1. The highest BCUT2D eigenvalue weighted by molar-refractivity contribution is 5.90. The van der Waals surface area contributed by atoms with E-state index >= 15 is 0 Å². The molecule has 0 saturated heterocycles. The van der Waals surface area contributed by atoms with Gasteiger partial charge in [0.25, 0.3) is 0 Å². The van der Waals surface area contributed by atoms with Crippen LogP contribution in [0.25, 0.3) is 0 Å². The second kappa shape index (κ2) is 5.85. The molecule has 0 aromatic carbocycles. The number of carboxylic acid groups (broad SMARTS) is 1. The predicted molar refractivity (Wildman–Crippen MR) is 87.5 cm³/mol. The van der Waals surface area contributed by atoms with E-state index in [1.807, 2.05) is 34.6 Å². The molecule has 4 nitrogen and oxygen atoms in total. The van der Waals surface area contributed by atoms with Crippen LogP contribution in [0.3, 0.4) is 0 Å². The zero-order valence-electron chi connectivity index (χ0n) is 14.9. The first-order valence-corrected chi connectivity index (χ1v) is 8.50. The molecule has 4 heteroatoms. The Morgan fingerprint density at radius 3 is 2.13 bits per heavy atom. The molecule has 128 valence electrons. The van der Waals surface area contributed by atoms with Crippen molar-refractivity contribution in [2.75, 3.05) is 0 Å². The molecule has 0 aromatic rings. The van der Waals surface area contributed by atoms with Crippen molar-refractivity contribution < 1.29 is 19.4 Å². The number of ether oxygens (including phenoxy) is 1. The average molecular weight is 320 g/mol. The molecule has 0 amide bonds. The van der Waals surface area contributed by atoms with E-state index in [1.54, 1.807) is 0 Å². The molecule has 2 rings (SSSR count). The molecule has 0 unspecified atom stereocenters. The highest BCUT2D eigenvalue weighted by Crippen LogP contribution is 2.75. The molecular weight excluding hydrogens is 292 g/mol. The van der Waals surface area contributed by atoms with Crippen LogP contribution in [0.2, 0.25) is 0 Å². The topological polar surface area (TPSA) is 63.6 Å². The smallest absolute Gasteiger partial charge is 0.384 e. The van der Waals surface area contributed by atoms with Crippen molar-refractivity contribution in [1.29, 1.82) is 0 Å². The maximum Gasteiger partial charge on any atom is 0.384 e. The molecule has 2 atom stereocenters. The van der Waals surface area contributed by atoms with Crippen LogP contribution in [-0.4, -0.2) is 23.1 Å². The summed E-state index contributed by atoms with van der Waals surface area (Å²) in [5.41, 5.74) is -1.83. The molecule has 0 aromatic heterocycles. The Hall–Kier alpha value is -1.50. The molecule has 2 aliphatic rings. The molecule has 2 saturated carbocycles. The van der Waals surface area contributed by atoms with Gasteiger partial charge in [0.15, 0.2) is 0 Å². The van der Waals surface area contributed by atoms with Gasteiger partial charge in [-0.3, -0.25) is 4.79 Å². The Labute approximate surface area is 139 Å². The Morgan fingerprint density at radius 1 is 1.13 bits per heavy atom. The lowest BCUT2D eigenvalue weighted by atomic mass is 9.72. The second-order valence-electron chi connectivity index (χ2n) is 8.45. The van der Waals surface area contributed by atoms with E-state index in [2.05, 4.69) is 11.8 Å². The first-order chi connectivity index (χ1) is 10.5. The summed E-state index contributed by atoms with van der Waals surface area (Å²) in [4.78, 5) is 23.9. The molecule has 0 bridgehead atoms. The Balaban J connectivity index is 2.11. The first kappa shape index (κ1) is 17.8. The van der Waals surface area contributed by atoms with Gasteiger partial charge in [-0.15, -0.1) is 0 Å². The van der Waals surface area contributed by atoms with Gasteiger partial charge in [-0.1, -0.05) is 47.0 Å². The average Bonchev–Trinajstić information content (AvgIpc) is 2.94. The van der Waals surface area contributed by atoms with Crippen LogP contribution in [0.15, 0.2) is 0 Å². The van der Waals surface area contributed by atoms with E-state index in [0.717, 1.165) is 25.7 Å². The fraction of sp³-hybridized carbons (Fsp3) is 0.789. The maximum atomic E-state index is 11.9. The van der Waals surface area contributed by atoms with Crippen molar-refractivity contribution >= 4 is 11.9 Å². The van der Waals surface area contributed by atoms with Crippen LogP contribution in [-0.2, 0) is 14.3 Å². The number of carboxylic acids is 1. The van der Waals surface area contributed by atoms with E-state index < -0.39 is 28.2 Å². The van der Waals surface area contributed by atoms with Gasteiger partial charge in [0.2, 0.25) is 0 Å². The molecule has 1 N–H and O–H groups in total. The van der Waals surface area contributed by atoms with Crippen molar-refractivity contribution in [3.63, 3.8) is 0 Å². The minimum absolute atomic E-state index is 0.0235. The summed E-state index contributed by atoms with van der Waals surface area (Å²) in [5.74, 6) is 3.76. The zero-order valence-corrected chi connectivity index (χ0v) is 14.9. The quantitative estimate of drug-likeness (QED) is 0.479. The molecule has 0 aliphatic heterocycles. The maximum absolute atomic E-state index is 11.9. The minimum Gasteiger partial charge on any atom is -0.481 e. The number of aliphatic carboxylic acids is 1. The highest BCUT2D eigenvalue weighted by Gasteiger charge is 2.80. The Kier molecular flexibility index (Phi) is 4.54. The van der Waals surface area contributed by atoms with E-state index in [9.17, 15) is 14.7 Å². The number of esters is 1. The number of hydrogen-bond acceptors (Lipinski definition) is 3. The van der Waals surface area contributed by atoms with Gasteiger partial charge in [-0.25, -0.2) is 4.79 Å². The van der Waals surface area contributed by atoms with Gasteiger partial charge < -0.3 is 9.84 Å². The monoisotopic (exact) mass is 320 g/mol. The molecule has 23 heavy (non-hydrogen) atoms. The fourth-order valence-corrected chi connectivity index (χ4v) is 4.67. The minimum atomic E-state index is -0.932. The number of carbonyl (C=O) groups is 2. The van der Waals surface area contributed by atoms with E-state index in [1.165, 1.54) is 6.42 Å². The van der Waals surface area contributed by atoms with Gasteiger partial charge in [0, 0.05) is 11.8 Å². The molecular formula is C19H28O4. The second-order valence-corrected chi connectivity index (χ2v) is 8.45. The van der Waals surface area contributed by atoms with Gasteiger partial charge in [0.05, 0.1) is 5.41 Å². The largest absolute Gasteiger partial charge is 0.481 e. The SMILES string of the molecule is CC(C)(C)[C@]1(C(=O)O)[C@@H](C#CC(=O)OC2CCCCC2)C1(C)C. The number of rotatable bonds is 2. The normalized spacial score (nSPS) is 30.0. The van der Waals surface area contributed by atoms with E-state index in [0.29, 0.717) is 0 Å². The van der Waals surface area contributed by atoms with E-state index in [4.69, 9.17) is 4.74 Å². The highest BCUT2D eigenvalue weighted by atomic mass is 16.5. The summed E-state index contributed by atoms with van der Waals surface area (Å²) in [5, 5.41) is 9.79. The number of carbonyl (C=O) groups excluding carboxylic acids is 1. The zero-order chi connectivity index (χ0) is 17.5. The Morgan fingerprint density at radius 2 is 1.70 bits per heavy atom. The molecule has 2 aliphatic carbocycles. The summed E-state index contributed by atoms with van der Waals surface area (Å²) >= 11 is 0. The fourth-order valence-electron chi connectivity index (χ4n) is 4.67. The van der Waals surface area contributed by atoms with E-state index in [-0.39, 0.29) is 12.0 Å². The molecule has 0 radical (unpaired) electrons. The summed E-state index contributed by atoms with van der Waals surface area (Å²) in [6.45, 7) is 9.59.